The van der Waals surface area contributed by atoms with Gasteiger partial charge in [0.1, 0.15) is 5.82 Å². The van der Waals surface area contributed by atoms with Crippen LogP contribution in [0.5, 0.6) is 0 Å². The first-order valence-corrected chi connectivity index (χ1v) is 8.33. The van der Waals surface area contributed by atoms with Crippen LogP contribution < -0.4 is 0 Å². The predicted octanol–water partition coefficient (Wildman–Crippen LogP) is 4.21. The van der Waals surface area contributed by atoms with Gasteiger partial charge in [-0.15, -0.1) is 0 Å². The lowest BCUT2D eigenvalue weighted by molar-refractivity contribution is 0.0937. The summed E-state index contributed by atoms with van der Waals surface area (Å²) in [5.74, 6) is 0.617. The summed E-state index contributed by atoms with van der Waals surface area (Å²) in [7, 11) is 0. The maximum atomic E-state index is 13.4. The quantitative estimate of drug-likeness (QED) is 0.802. The molecule has 0 saturated carbocycles. The van der Waals surface area contributed by atoms with Crippen LogP contribution in [0.15, 0.2) is 48.5 Å². The SMILES string of the molecule is Fc1cccc(CN2C[C@@H]3CC[C@@H]2Cc2ccccc2C3)c1. The first kappa shape index (κ1) is 14.0. The van der Waals surface area contributed by atoms with Crippen LogP contribution in [0.3, 0.4) is 0 Å². The fraction of sp³-hybridized carbons (Fsp3) is 0.400. The minimum atomic E-state index is -0.125. The Bertz CT molecular complexity index is 666. The molecule has 1 saturated heterocycles. The standard InChI is InChI=1S/C20H22FN/c21-19-7-3-4-15(11-19)13-22-14-16-8-9-20(22)12-18-6-2-1-5-17(18)10-16/h1-7,11,16,20H,8-10,12-14H2/t16-,20-/m1/s1. The van der Waals surface area contributed by atoms with Crippen molar-refractivity contribution in [2.45, 2.75) is 38.3 Å². The molecule has 2 aliphatic heterocycles. The van der Waals surface area contributed by atoms with Gasteiger partial charge in [-0.1, -0.05) is 36.4 Å². The molecule has 114 valence electrons. The number of fused-ring (bicyclic) bond motifs is 2. The Kier molecular flexibility index (Phi) is 3.71. The van der Waals surface area contributed by atoms with E-state index < -0.39 is 0 Å². The number of halogens is 1. The van der Waals surface area contributed by atoms with Crippen molar-refractivity contribution >= 4 is 0 Å². The molecule has 0 unspecified atom stereocenters. The highest BCUT2D eigenvalue weighted by atomic mass is 19.1. The van der Waals surface area contributed by atoms with Gasteiger partial charge in [0.25, 0.3) is 0 Å². The van der Waals surface area contributed by atoms with E-state index in [2.05, 4.69) is 29.2 Å². The van der Waals surface area contributed by atoms with Crippen molar-refractivity contribution in [1.29, 1.82) is 0 Å². The van der Waals surface area contributed by atoms with Gasteiger partial charge in [0.05, 0.1) is 0 Å². The van der Waals surface area contributed by atoms with Gasteiger partial charge in [0.15, 0.2) is 0 Å². The van der Waals surface area contributed by atoms with E-state index in [9.17, 15) is 4.39 Å². The Morgan fingerprint density at radius 3 is 2.59 bits per heavy atom. The van der Waals surface area contributed by atoms with Gasteiger partial charge in [-0.2, -0.15) is 0 Å². The molecule has 3 aliphatic rings. The molecule has 2 heterocycles. The topological polar surface area (TPSA) is 3.24 Å². The van der Waals surface area contributed by atoms with Gasteiger partial charge < -0.3 is 0 Å². The maximum Gasteiger partial charge on any atom is 0.123 e. The normalized spacial score (nSPS) is 24.6. The van der Waals surface area contributed by atoms with E-state index in [4.69, 9.17) is 0 Å². The summed E-state index contributed by atoms with van der Waals surface area (Å²) in [6.07, 6.45) is 4.94. The van der Waals surface area contributed by atoms with Crippen LogP contribution in [0.4, 0.5) is 4.39 Å². The van der Waals surface area contributed by atoms with Crippen LogP contribution in [-0.2, 0) is 19.4 Å². The fourth-order valence-electron chi connectivity index (χ4n) is 4.16. The molecule has 0 spiro atoms. The maximum absolute atomic E-state index is 13.4. The van der Waals surface area contributed by atoms with Crippen molar-refractivity contribution in [3.05, 3.63) is 71.0 Å². The second-order valence-corrected chi connectivity index (χ2v) is 6.83. The molecule has 2 heteroatoms. The highest BCUT2D eigenvalue weighted by molar-refractivity contribution is 5.30. The van der Waals surface area contributed by atoms with Crippen molar-refractivity contribution in [3.8, 4) is 0 Å². The third-order valence-electron chi connectivity index (χ3n) is 5.27. The summed E-state index contributed by atoms with van der Waals surface area (Å²) < 4.78 is 13.4. The summed E-state index contributed by atoms with van der Waals surface area (Å²) in [6.45, 7) is 2.02. The third kappa shape index (κ3) is 2.80. The molecule has 1 aliphatic carbocycles. The smallest absolute Gasteiger partial charge is 0.123 e. The molecule has 0 aromatic heterocycles. The highest BCUT2D eigenvalue weighted by Crippen LogP contribution is 2.33. The van der Waals surface area contributed by atoms with E-state index in [1.165, 1.54) is 30.9 Å². The van der Waals surface area contributed by atoms with Crippen molar-refractivity contribution < 1.29 is 4.39 Å². The molecule has 0 amide bonds. The van der Waals surface area contributed by atoms with Gasteiger partial charge in [-0.3, -0.25) is 4.90 Å². The van der Waals surface area contributed by atoms with Gasteiger partial charge >= 0.3 is 0 Å². The van der Waals surface area contributed by atoms with Crippen LogP contribution in [-0.4, -0.2) is 17.5 Å². The number of rotatable bonds is 2. The fourth-order valence-corrected chi connectivity index (χ4v) is 4.16. The van der Waals surface area contributed by atoms with Crippen LogP contribution in [0.25, 0.3) is 0 Å². The molecular weight excluding hydrogens is 273 g/mol. The lowest BCUT2D eigenvalue weighted by Crippen LogP contribution is -2.46. The summed E-state index contributed by atoms with van der Waals surface area (Å²) >= 11 is 0. The first-order valence-electron chi connectivity index (χ1n) is 8.33. The molecule has 1 fully saturated rings. The zero-order valence-corrected chi connectivity index (χ0v) is 12.8. The Morgan fingerprint density at radius 2 is 1.77 bits per heavy atom. The van der Waals surface area contributed by atoms with Gasteiger partial charge in [0.2, 0.25) is 0 Å². The van der Waals surface area contributed by atoms with Gasteiger partial charge in [-0.25, -0.2) is 4.39 Å². The average Bonchev–Trinajstić information content (AvgIpc) is 2.48. The first-order chi connectivity index (χ1) is 10.8. The minimum Gasteiger partial charge on any atom is -0.296 e. The Hall–Kier alpha value is -1.67. The van der Waals surface area contributed by atoms with Crippen molar-refractivity contribution in [2.24, 2.45) is 5.92 Å². The predicted molar refractivity (Wildman–Crippen MR) is 87.2 cm³/mol. The molecule has 2 aromatic rings. The van der Waals surface area contributed by atoms with Crippen LogP contribution in [0.1, 0.15) is 29.5 Å². The molecule has 22 heavy (non-hydrogen) atoms. The zero-order chi connectivity index (χ0) is 14.9. The van der Waals surface area contributed by atoms with E-state index in [0.717, 1.165) is 31.0 Å². The Morgan fingerprint density at radius 1 is 0.955 bits per heavy atom. The molecule has 2 bridgehead atoms. The van der Waals surface area contributed by atoms with E-state index in [-0.39, 0.29) is 5.82 Å². The summed E-state index contributed by atoms with van der Waals surface area (Å²) in [4.78, 5) is 2.58. The number of piperidine rings is 1. The zero-order valence-electron chi connectivity index (χ0n) is 12.8. The minimum absolute atomic E-state index is 0.125. The lowest BCUT2D eigenvalue weighted by Gasteiger charge is -2.42. The Balaban J connectivity index is 1.58. The van der Waals surface area contributed by atoms with E-state index in [1.54, 1.807) is 11.6 Å². The molecule has 0 radical (unpaired) electrons. The van der Waals surface area contributed by atoms with Crippen molar-refractivity contribution in [2.75, 3.05) is 6.54 Å². The second kappa shape index (κ2) is 5.85. The summed E-state index contributed by atoms with van der Waals surface area (Å²) in [5.41, 5.74) is 4.16. The van der Waals surface area contributed by atoms with Crippen LogP contribution in [0.2, 0.25) is 0 Å². The Labute approximate surface area is 131 Å². The van der Waals surface area contributed by atoms with Crippen molar-refractivity contribution in [3.63, 3.8) is 0 Å². The third-order valence-corrected chi connectivity index (χ3v) is 5.27. The molecule has 5 rings (SSSR count). The largest absolute Gasteiger partial charge is 0.296 e. The monoisotopic (exact) mass is 295 g/mol. The highest BCUT2D eigenvalue weighted by Gasteiger charge is 2.31. The molecule has 2 aromatic carbocycles. The molecule has 1 nitrogen and oxygen atoms in total. The molecule has 2 atom stereocenters. The van der Waals surface area contributed by atoms with E-state index in [1.807, 2.05) is 12.1 Å². The summed E-state index contributed by atoms with van der Waals surface area (Å²) in [6, 6.07) is 16.6. The number of benzene rings is 2. The average molecular weight is 295 g/mol. The number of nitrogens with zero attached hydrogens (tertiary/aromatic N) is 1. The number of hydrogen-bond donors (Lipinski definition) is 0. The van der Waals surface area contributed by atoms with Crippen molar-refractivity contribution in [1.82, 2.24) is 4.90 Å². The molecular formula is C20H22FN. The van der Waals surface area contributed by atoms with Gasteiger partial charge in [-0.05, 0) is 60.4 Å². The van der Waals surface area contributed by atoms with Crippen LogP contribution in [0, 0.1) is 11.7 Å². The van der Waals surface area contributed by atoms with E-state index >= 15 is 0 Å². The van der Waals surface area contributed by atoms with Crippen LogP contribution >= 0.6 is 0 Å². The van der Waals surface area contributed by atoms with Gasteiger partial charge in [0, 0.05) is 19.1 Å². The summed E-state index contributed by atoms with van der Waals surface area (Å²) in [5, 5.41) is 0. The molecule has 0 N–H and O–H groups in total. The van der Waals surface area contributed by atoms with E-state index in [0.29, 0.717) is 6.04 Å². The number of hydrogen-bond acceptors (Lipinski definition) is 1. The lowest BCUT2D eigenvalue weighted by atomic mass is 9.80. The second-order valence-electron chi connectivity index (χ2n) is 6.83.